The molecule has 1 saturated heterocycles. The van der Waals surface area contributed by atoms with Crippen molar-refractivity contribution in [3.05, 3.63) is 51.8 Å². The number of nitrogens with one attached hydrogen (secondary N) is 1. The highest BCUT2D eigenvalue weighted by Gasteiger charge is 2.19. The molecule has 8 heteroatoms. The number of fused-ring (bicyclic) bond motifs is 1. The normalized spacial score (nSPS) is 14.4. The minimum absolute atomic E-state index is 0.129. The van der Waals surface area contributed by atoms with Gasteiger partial charge in [0, 0.05) is 25.7 Å². The van der Waals surface area contributed by atoms with Crippen molar-refractivity contribution in [1.82, 2.24) is 9.55 Å². The molecule has 29 heavy (non-hydrogen) atoms. The van der Waals surface area contributed by atoms with E-state index in [2.05, 4.69) is 20.9 Å². The number of ether oxygens (including phenoxy) is 1. The second-order valence-electron chi connectivity index (χ2n) is 7.10. The second kappa shape index (κ2) is 8.22. The number of imidazole rings is 1. The van der Waals surface area contributed by atoms with Gasteiger partial charge in [-0.15, -0.1) is 0 Å². The summed E-state index contributed by atoms with van der Waals surface area (Å²) in [7, 11) is 0. The molecule has 4 rings (SSSR count). The van der Waals surface area contributed by atoms with E-state index in [1.165, 1.54) is 6.92 Å². The maximum atomic E-state index is 11.8. The van der Waals surface area contributed by atoms with Gasteiger partial charge in [0.1, 0.15) is 11.3 Å². The molecule has 0 spiro atoms. The van der Waals surface area contributed by atoms with Crippen LogP contribution in [-0.4, -0.2) is 41.8 Å². The Labute approximate surface area is 179 Å². The number of nitrogens with zero attached hydrogens (tertiary/aromatic N) is 3. The monoisotopic (exact) mass is 432 g/mol. The van der Waals surface area contributed by atoms with E-state index < -0.39 is 0 Å². The fourth-order valence-electron chi connectivity index (χ4n) is 3.65. The van der Waals surface area contributed by atoms with E-state index in [-0.39, 0.29) is 5.91 Å². The maximum absolute atomic E-state index is 11.8. The molecule has 1 aliphatic rings. The highest BCUT2D eigenvalue weighted by molar-refractivity contribution is 6.42. The number of halogens is 2. The Kier molecular flexibility index (Phi) is 5.67. The van der Waals surface area contributed by atoms with Gasteiger partial charge in [-0.1, -0.05) is 35.3 Å². The SMILES string of the molecule is CC(=O)Nc1cc(N2CCOCC2)cc2c1nc(C)n2Cc1cccc(Cl)c1Cl. The van der Waals surface area contributed by atoms with Gasteiger partial charge in [-0.3, -0.25) is 4.79 Å². The number of carbonyl (C=O) groups is 1. The van der Waals surface area contributed by atoms with Crippen molar-refractivity contribution in [2.75, 3.05) is 36.5 Å². The van der Waals surface area contributed by atoms with Crippen molar-refractivity contribution < 1.29 is 9.53 Å². The number of aryl methyl sites for hydroxylation is 1. The number of rotatable bonds is 4. The average Bonchev–Trinajstić information content (AvgIpc) is 3.01. The third-order valence-corrected chi connectivity index (χ3v) is 5.93. The van der Waals surface area contributed by atoms with E-state index in [4.69, 9.17) is 32.9 Å². The number of amides is 1. The number of hydrogen-bond acceptors (Lipinski definition) is 4. The molecular formula is C21H22Cl2N4O2. The Morgan fingerprint density at radius 1 is 1.24 bits per heavy atom. The lowest BCUT2D eigenvalue weighted by molar-refractivity contribution is -0.114. The molecule has 0 unspecified atom stereocenters. The first-order valence-electron chi connectivity index (χ1n) is 9.48. The number of aromatic nitrogens is 2. The van der Waals surface area contributed by atoms with Crippen LogP contribution in [0.2, 0.25) is 10.0 Å². The van der Waals surface area contributed by atoms with Crippen LogP contribution in [0.4, 0.5) is 11.4 Å². The zero-order valence-electron chi connectivity index (χ0n) is 16.3. The van der Waals surface area contributed by atoms with Gasteiger partial charge in [-0.05, 0) is 30.7 Å². The van der Waals surface area contributed by atoms with E-state index in [9.17, 15) is 4.79 Å². The van der Waals surface area contributed by atoms with Gasteiger partial charge in [0.15, 0.2) is 0 Å². The van der Waals surface area contributed by atoms with Gasteiger partial charge in [-0.25, -0.2) is 4.98 Å². The van der Waals surface area contributed by atoms with Gasteiger partial charge in [0.05, 0.1) is 41.0 Å². The molecule has 0 saturated carbocycles. The Balaban J connectivity index is 1.84. The minimum atomic E-state index is -0.129. The summed E-state index contributed by atoms with van der Waals surface area (Å²) in [6, 6.07) is 9.72. The van der Waals surface area contributed by atoms with Crippen molar-refractivity contribution >= 4 is 51.5 Å². The number of hydrogen-bond donors (Lipinski definition) is 1. The molecule has 1 fully saturated rings. The van der Waals surface area contributed by atoms with Crippen molar-refractivity contribution in [3.8, 4) is 0 Å². The van der Waals surface area contributed by atoms with Crippen molar-refractivity contribution in [2.45, 2.75) is 20.4 Å². The molecule has 3 aromatic rings. The first kappa shape index (κ1) is 20.0. The summed E-state index contributed by atoms with van der Waals surface area (Å²) >= 11 is 12.6. The molecule has 152 valence electrons. The van der Waals surface area contributed by atoms with Crippen molar-refractivity contribution in [1.29, 1.82) is 0 Å². The highest BCUT2D eigenvalue weighted by Crippen LogP contribution is 2.33. The number of carbonyl (C=O) groups excluding carboxylic acids is 1. The van der Waals surface area contributed by atoms with Gasteiger partial charge in [0.25, 0.3) is 0 Å². The number of morpholine rings is 1. The predicted molar refractivity (Wildman–Crippen MR) is 117 cm³/mol. The highest BCUT2D eigenvalue weighted by atomic mass is 35.5. The van der Waals surface area contributed by atoms with Gasteiger partial charge >= 0.3 is 0 Å². The van der Waals surface area contributed by atoms with Crippen LogP contribution >= 0.6 is 23.2 Å². The van der Waals surface area contributed by atoms with Crippen LogP contribution in [0, 0.1) is 6.92 Å². The summed E-state index contributed by atoms with van der Waals surface area (Å²) in [5.74, 6) is 0.706. The summed E-state index contributed by atoms with van der Waals surface area (Å²) in [6.07, 6.45) is 0. The van der Waals surface area contributed by atoms with Crippen LogP contribution in [0.25, 0.3) is 11.0 Å². The van der Waals surface area contributed by atoms with E-state index in [1.807, 2.05) is 25.1 Å². The predicted octanol–water partition coefficient (Wildman–Crippen LogP) is 4.49. The van der Waals surface area contributed by atoms with Crippen molar-refractivity contribution in [3.63, 3.8) is 0 Å². The fraction of sp³-hybridized carbons (Fsp3) is 0.333. The van der Waals surface area contributed by atoms with Gasteiger partial charge in [0.2, 0.25) is 5.91 Å². The van der Waals surface area contributed by atoms with E-state index in [1.54, 1.807) is 6.07 Å². The lowest BCUT2D eigenvalue weighted by atomic mass is 10.2. The van der Waals surface area contributed by atoms with Crippen molar-refractivity contribution in [2.24, 2.45) is 0 Å². The summed E-state index contributed by atoms with van der Waals surface area (Å²) < 4.78 is 7.58. The fourth-order valence-corrected chi connectivity index (χ4v) is 4.03. The van der Waals surface area contributed by atoms with Crippen LogP contribution in [0.3, 0.4) is 0 Å². The van der Waals surface area contributed by atoms with E-state index in [0.29, 0.717) is 35.5 Å². The molecule has 0 bridgehead atoms. The quantitative estimate of drug-likeness (QED) is 0.659. The van der Waals surface area contributed by atoms with Gasteiger partial charge < -0.3 is 19.5 Å². The van der Waals surface area contributed by atoms with Crippen LogP contribution in [-0.2, 0) is 16.1 Å². The third kappa shape index (κ3) is 4.06. The Bertz CT molecular complexity index is 1070. The van der Waals surface area contributed by atoms with Crippen LogP contribution < -0.4 is 10.2 Å². The molecule has 2 heterocycles. The first-order chi connectivity index (χ1) is 13.9. The Morgan fingerprint density at radius 2 is 2.00 bits per heavy atom. The van der Waals surface area contributed by atoms with Crippen LogP contribution in [0.5, 0.6) is 0 Å². The summed E-state index contributed by atoms with van der Waals surface area (Å²) in [5.41, 5.74) is 4.34. The lowest BCUT2D eigenvalue weighted by Gasteiger charge is -2.29. The molecule has 1 aromatic heterocycles. The third-order valence-electron chi connectivity index (χ3n) is 5.08. The molecular weight excluding hydrogens is 411 g/mol. The zero-order valence-corrected chi connectivity index (χ0v) is 17.8. The zero-order chi connectivity index (χ0) is 20.5. The molecule has 6 nitrogen and oxygen atoms in total. The molecule has 1 N–H and O–H groups in total. The Morgan fingerprint density at radius 3 is 2.72 bits per heavy atom. The van der Waals surface area contributed by atoms with E-state index in [0.717, 1.165) is 41.2 Å². The summed E-state index contributed by atoms with van der Waals surface area (Å²) in [5, 5.41) is 4.00. The largest absolute Gasteiger partial charge is 0.378 e. The number of benzene rings is 2. The van der Waals surface area contributed by atoms with Crippen LogP contribution in [0.15, 0.2) is 30.3 Å². The second-order valence-corrected chi connectivity index (χ2v) is 7.88. The molecule has 0 radical (unpaired) electrons. The average molecular weight is 433 g/mol. The Hall–Kier alpha value is -2.28. The summed E-state index contributed by atoms with van der Waals surface area (Å²) in [4.78, 5) is 18.8. The smallest absolute Gasteiger partial charge is 0.221 e. The molecule has 0 atom stereocenters. The minimum Gasteiger partial charge on any atom is -0.378 e. The lowest BCUT2D eigenvalue weighted by Crippen LogP contribution is -2.36. The molecule has 1 amide bonds. The maximum Gasteiger partial charge on any atom is 0.221 e. The van der Waals surface area contributed by atoms with Gasteiger partial charge in [-0.2, -0.15) is 0 Å². The molecule has 0 aliphatic carbocycles. The first-order valence-corrected chi connectivity index (χ1v) is 10.2. The standard InChI is InChI=1S/C21H22Cl2N4O2/c1-13-24-21-18(25-14(2)28)10-16(26-6-8-29-9-7-26)11-19(21)27(13)12-15-4-3-5-17(22)20(15)23/h3-5,10-11H,6-9,12H2,1-2H3,(H,25,28). The number of anilines is 2. The molecule has 2 aromatic carbocycles. The topological polar surface area (TPSA) is 59.4 Å². The van der Waals surface area contributed by atoms with Crippen LogP contribution in [0.1, 0.15) is 18.3 Å². The molecule has 1 aliphatic heterocycles. The van der Waals surface area contributed by atoms with E-state index >= 15 is 0 Å². The summed E-state index contributed by atoms with van der Waals surface area (Å²) in [6.45, 7) is 6.96.